The number of nitrogens with zero attached hydrogens (tertiary/aromatic N) is 1. The summed E-state index contributed by atoms with van der Waals surface area (Å²) in [5, 5.41) is 10.6. The van der Waals surface area contributed by atoms with Crippen LogP contribution < -0.4 is 25.4 Å². The number of aromatic nitrogens is 1. The SMILES string of the molecule is COc1ccc(Cl)cc1NC(=O)Cc1csc(NC(=O)Nc2ccccc2OC)n1. The van der Waals surface area contributed by atoms with Crippen LogP contribution in [0.4, 0.5) is 21.3 Å². The Hall–Kier alpha value is -3.30. The summed E-state index contributed by atoms with van der Waals surface area (Å²) < 4.78 is 10.4. The van der Waals surface area contributed by atoms with Gasteiger partial charge in [0.1, 0.15) is 11.5 Å². The van der Waals surface area contributed by atoms with Crippen LogP contribution in [0.25, 0.3) is 0 Å². The van der Waals surface area contributed by atoms with Crippen molar-refractivity contribution in [2.45, 2.75) is 6.42 Å². The van der Waals surface area contributed by atoms with Crippen LogP contribution in [0.3, 0.4) is 0 Å². The van der Waals surface area contributed by atoms with Gasteiger partial charge in [0.2, 0.25) is 5.91 Å². The molecule has 0 fully saturated rings. The quantitative estimate of drug-likeness (QED) is 0.490. The van der Waals surface area contributed by atoms with E-state index in [1.807, 2.05) is 0 Å². The second-order valence-corrected chi connectivity index (χ2v) is 7.29. The minimum Gasteiger partial charge on any atom is -0.495 e. The Bertz CT molecular complexity index is 1060. The molecule has 0 unspecified atom stereocenters. The second-order valence-electron chi connectivity index (χ2n) is 5.99. The lowest BCUT2D eigenvalue weighted by molar-refractivity contribution is -0.115. The van der Waals surface area contributed by atoms with Gasteiger partial charge in [0.15, 0.2) is 5.13 Å². The zero-order valence-electron chi connectivity index (χ0n) is 16.2. The van der Waals surface area contributed by atoms with E-state index >= 15 is 0 Å². The fourth-order valence-corrected chi connectivity index (χ4v) is 3.46. The van der Waals surface area contributed by atoms with Gasteiger partial charge in [-0.2, -0.15) is 0 Å². The van der Waals surface area contributed by atoms with Gasteiger partial charge in [-0.15, -0.1) is 11.3 Å². The number of carbonyl (C=O) groups excluding carboxylic acids is 2. The van der Waals surface area contributed by atoms with Crippen LogP contribution in [-0.4, -0.2) is 31.1 Å². The summed E-state index contributed by atoms with van der Waals surface area (Å²) in [6, 6.07) is 11.5. The molecule has 0 aliphatic rings. The highest BCUT2D eigenvalue weighted by molar-refractivity contribution is 7.14. The summed E-state index contributed by atoms with van der Waals surface area (Å²) in [7, 11) is 3.03. The molecule has 3 N–H and O–H groups in total. The Kier molecular flexibility index (Phi) is 7.10. The first-order valence-corrected chi connectivity index (χ1v) is 10.0. The Morgan fingerprint density at radius 1 is 1.00 bits per heavy atom. The molecule has 0 saturated carbocycles. The summed E-state index contributed by atoms with van der Waals surface area (Å²) in [6.45, 7) is 0. The van der Waals surface area contributed by atoms with E-state index in [-0.39, 0.29) is 12.3 Å². The lowest BCUT2D eigenvalue weighted by atomic mass is 10.2. The maximum absolute atomic E-state index is 12.3. The molecule has 1 heterocycles. The van der Waals surface area contributed by atoms with Crippen molar-refractivity contribution in [3.05, 3.63) is 58.6 Å². The molecule has 156 valence electrons. The Balaban J connectivity index is 1.58. The number of anilines is 3. The molecule has 3 amide bonds. The number of rotatable bonds is 7. The number of carbonyl (C=O) groups is 2. The Morgan fingerprint density at radius 2 is 1.73 bits per heavy atom. The summed E-state index contributed by atoms with van der Waals surface area (Å²) in [5.74, 6) is 0.757. The van der Waals surface area contributed by atoms with Crippen molar-refractivity contribution >= 4 is 51.4 Å². The largest absolute Gasteiger partial charge is 0.495 e. The third-order valence-corrected chi connectivity index (χ3v) is 4.95. The molecule has 0 aliphatic heterocycles. The molecule has 8 nitrogen and oxygen atoms in total. The monoisotopic (exact) mass is 446 g/mol. The van der Waals surface area contributed by atoms with E-state index in [0.717, 1.165) is 0 Å². The van der Waals surface area contributed by atoms with Crippen molar-refractivity contribution in [1.82, 2.24) is 4.98 Å². The fourth-order valence-electron chi connectivity index (χ4n) is 2.58. The Labute approximate surface area is 182 Å². The first-order chi connectivity index (χ1) is 14.5. The first-order valence-electron chi connectivity index (χ1n) is 8.77. The molecule has 1 aromatic heterocycles. The van der Waals surface area contributed by atoms with E-state index in [1.165, 1.54) is 25.6 Å². The summed E-state index contributed by atoms with van der Waals surface area (Å²) in [6.07, 6.45) is 0.0297. The standard InChI is InChI=1S/C20H19ClN4O4S/c1-28-16-6-4-3-5-14(16)24-19(27)25-20-22-13(11-30-20)10-18(26)23-15-9-12(21)7-8-17(15)29-2/h3-9,11H,10H2,1-2H3,(H,23,26)(H2,22,24,25,27). The average Bonchev–Trinajstić information content (AvgIpc) is 3.14. The minimum atomic E-state index is -0.464. The maximum atomic E-state index is 12.3. The molecule has 0 radical (unpaired) electrons. The zero-order valence-corrected chi connectivity index (χ0v) is 17.8. The van der Waals surface area contributed by atoms with Crippen molar-refractivity contribution < 1.29 is 19.1 Å². The maximum Gasteiger partial charge on any atom is 0.325 e. The molecule has 0 bridgehead atoms. The van der Waals surface area contributed by atoms with E-state index in [4.69, 9.17) is 21.1 Å². The van der Waals surface area contributed by atoms with Crippen molar-refractivity contribution in [3.63, 3.8) is 0 Å². The molecule has 0 aliphatic carbocycles. The number of urea groups is 1. The lowest BCUT2D eigenvalue weighted by Crippen LogP contribution is -2.20. The van der Waals surface area contributed by atoms with Crippen molar-refractivity contribution in [2.24, 2.45) is 0 Å². The number of hydrogen-bond acceptors (Lipinski definition) is 6. The highest BCUT2D eigenvalue weighted by Crippen LogP contribution is 2.28. The van der Waals surface area contributed by atoms with Crippen LogP contribution in [0.1, 0.15) is 5.69 Å². The number of methoxy groups -OCH3 is 2. The molecule has 0 atom stereocenters. The average molecular weight is 447 g/mol. The van der Waals surface area contributed by atoms with E-state index < -0.39 is 6.03 Å². The fraction of sp³-hybridized carbons (Fsp3) is 0.150. The number of amides is 3. The van der Waals surface area contributed by atoms with E-state index in [2.05, 4.69) is 20.9 Å². The van der Waals surface area contributed by atoms with Gasteiger partial charge in [-0.3, -0.25) is 10.1 Å². The number of halogens is 1. The number of benzene rings is 2. The van der Waals surface area contributed by atoms with Gasteiger partial charge in [0, 0.05) is 10.4 Å². The molecule has 0 saturated heterocycles. The van der Waals surface area contributed by atoms with Crippen LogP contribution in [-0.2, 0) is 11.2 Å². The third-order valence-electron chi connectivity index (χ3n) is 3.90. The highest BCUT2D eigenvalue weighted by Gasteiger charge is 2.13. The highest BCUT2D eigenvalue weighted by atomic mass is 35.5. The molecule has 3 aromatic rings. The molecule has 10 heteroatoms. The van der Waals surface area contributed by atoms with Gasteiger partial charge in [-0.05, 0) is 30.3 Å². The summed E-state index contributed by atoms with van der Waals surface area (Å²) in [5.41, 5.74) is 1.52. The predicted octanol–water partition coefficient (Wildman–Crippen LogP) is 4.64. The normalized spacial score (nSPS) is 10.2. The predicted molar refractivity (Wildman–Crippen MR) is 118 cm³/mol. The summed E-state index contributed by atoms with van der Waals surface area (Å²) >= 11 is 7.19. The Morgan fingerprint density at radius 3 is 2.50 bits per heavy atom. The number of thiazole rings is 1. The van der Waals surface area contributed by atoms with E-state index in [1.54, 1.807) is 47.8 Å². The van der Waals surface area contributed by atoms with Gasteiger partial charge < -0.3 is 20.1 Å². The first kappa shape index (κ1) is 21.4. The van der Waals surface area contributed by atoms with Gasteiger partial charge in [0.25, 0.3) is 0 Å². The smallest absolute Gasteiger partial charge is 0.325 e. The zero-order chi connectivity index (χ0) is 21.5. The van der Waals surface area contributed by atoms with Gasteiger partial charge in [-0.25, -0.2) is 9.78 Å². The molecule has 30 heavy (non-hydrogen) atoms. The van der Waals surface area contributed by atoms with E-state index in [9.17, 15) is 9.59 Å². The topological polar surface area (TPSA) is 102 Å². The molecule has 3 rings (SSSR count). The van der Waals surface area contributed by atoms with Crippen LogP contribution >= 0.6 is 22.9 Å². The lowest BCUT2D eigenvalue weighted by Gasteiger charge is -2.10. The van der Waals surface area contributed by atoms with Crippen LogP contribution in [0.2, 0.25) is 5.02 Å². The van der Waals surface area contributed by atoms with Crippen LogP contribution in [0.15, 0.2) is 47.8 Å². The number of hydrogen-bond donors (Lipinski definition) is 3. The van der Waals surface area contributed by atoms with Crippen LogP contribution in [0, 0.1) is 0 Å². The van der Waals surface area contributed by atoms with Gasteiger partial charge in [0.05, 0.1) is 37.7 Å². The molecular weight excluding hydrogens is 428 g/mol. The molecule has 0 spiro atoms. The van der Waals surface area contributed by atoms with Gasteiger partial charge >= 0.3 is 6.03 Å². The minimum absolute atomic E-state index is 0.0297. The number of nitrogens with one attached hydrogen (secondary N) is 3. The van der Waals surface area contributed by atoms with Crippen molar-refractivity contribution in [3.8, 4) is 11.5 Å². The second kappa shape index (κ2) is 9.95. The number of para-hydroxylation sites is 2. The number of ether oxygens (including phenoxy) is 2. The molecule has 2 aromatic carbocycles. The van der Waals surface area contributed by atoms with Crippen molar-refractivity contribution in [1.29, 1.82) is 0 Å². The molecular formula is C20H19ClN4O4S. The summed E-state index contributed by atoms with van der Waals surface area (Å²) in [4.78, 5) is 28.8. The third kappa shape index (κ3) is 5.62. The van der Waals surface area contributed by atoms with Gasteiger partial charge in [-0.1, -0.05) is 23.7 Å². The van der Waals surface area contributed by atoms with Crippen LogP contribution in [0.5, 0.6) is 11.5 Å². The van der Waals surface area contributed by atoms with Crippen molar-refractivity contribution in [2.75, 3.05) is 30.2 Å². The van der Waals surface area contributed by atoms with E-state index in [0.29, 0.717) is 38.7 Å².